The van der Waals surface area contributed by atoms with Crippen molar-refractivity contribution in [3.05, 3.63) is 48.0 Å². The lowest BCUT2D eigenvalue weighted by Gasteiger charge is -2.20. The number of benzene rings is 1. The summed E-state index contributed by atoms with van der Waals surface area (Å²) in [6, 6.07) is 10.0. The van der Waals surface area contributed by atoms with E-state index >= 15 is 0 Å². The normalized spacial score (nSPS) is 23.4. The molecule has 0 aromatic heterocycles. The van der Waals surface area contributed by atoms with Crippen LogP contribution in [-0.4, -0.2) is 23.1 Å². The quantitative estimate of drug-likeness (QED) is 0.773. The van der Waals surface area contributed by atoms with Gasteiger partial charge in [0.2, 0.25) is 0 Å². The summed E-state index contributed by atoms with van der Waals surface area (Å²) in [4.78, 5) is 13.7. The third kappa shape index (κ3) is 3.37. The van der Waals surface area contributed by atoms with Gasteiger partial charge in [0.25, 0.3) is 0 Å². The first kappa shape index (κ1) is 13.7. The van der Waals surface area contributed by atoms with E-state index in [1.165, 1.54) is 0 Å². The van der Waals surface area contributed by atoms with E-state index in [0.717, 1.165) is 5.56 Å². The summed E-state index contributed by atoms with van der Waals surface area (Å²) in [6.45, 7) is 6.79. The number of allylic oxidation sites excluding steroid dienone is 1. The van der Waals surface area contributed by atoms with E-state index < -0.39 is 0 Å². The first-order valence-corrected chi connectivity index (χ1v) is 6.77. The lowest BCUT2D eigenvalue weighted by atomic mass is 10.1. The van der Waals surface area contributed by atoms with E-state index in [1.807, 2.05) is 37.3 Å². The molecule has 0 N–H and O–H groups in total. The Labute approximate surface area is 114 Å². The van der Waals surface area contributed by atoms with Gasteiger partial charge in [-0.2, -0.15) is 0 Å². The molecule has 1 amide bonds. The van der Waals surface area contributed by atoms with Gasteiger partial charge in [-0.05, 0) is 18.4 Å². The van der Waals surface area contributed by atoms with Gasteiger partial charge in [-0.1, -0.05) is 56.3 Å². The highest BCUT2D eigenvalue weighted by Gasteiger charge is 2.37. The van der Waals surface area contributed by atoms with Crippen molar-refractivity contribution >= 4 is 6.09 Å². The van der Waals surface area contributed by atoms with Gasteiger partial charge < -0.3 is 4.74 Å². The molecule has 2 atom stereocenters. The molecule has 102 valence electrons. The summed E-state index contributed by atoms with van der Waals surface area (Å²) in [5, 5.41) is 0. The van der Waals surface area contributed by atoms with Crippen molar-refractivity contribution in [3.8, 4) is 0 Å². The van der Waals surface area contributed by atoms with Gasteiger partial charge in [-0.3, -0.25) is 4.90 Å². The minimum atomic E-state index is -0.227. The second-order valence-electron chi connectivity index (χ2n) is 5.32. The van der Waals surface area contributed by atoms with Gasteiger partial charge in [0.1, 0.15) is 6.10 Å². The lowest BCUT2D eigenvalue weighted by Crippen LogP contribution is -2.33. The van der Waals surface area contributed by atoms with E-state index in [4.69, 9.17) is 4.74 Å². The average molecular weight is 259 g/mol. The zero-order valence-corrected chi connectivity index (χ0v) is 11.7. The number of ether oxygens (including phenoxy) is 1. The molecule has 1 aliphatic heterocycles. The van der Waals surface area contributed by atoms with Gasteiger partial charge >= 0.3 is 6.09 Å². The molecule has 2 rings (SSSR count). The van der Waals surface area contributed by atoms with Crippen molar-refractivity contribution < 1.29 is 9.53 Å². The fourth-order valence-electron chi connectivity index (χ4n) is 2.22. The zero-order valence-electron chi connectivity index (χ0n) is 11.7. The van der Waals surface area contributed by atoms with Gasteiger partial charge in [0, 0.05) is 6.54 Å². The van der Waals surface area contributed by atoms with Crippen LogP contribution in [0.5, 0.6) is 0 Å². The standard InChI is InChI=1S/C16H21NO2/c1-12(2)9-10-15-13(3)19-16(18)17(15)11-14-7-5-4-6-8-14/h4-10,12-13,15H,11H2,1-3H3/b10-9-/t13-,15-/m0/s1. The van der Waals surface area contributed by atoms with Crippen molar-refractivity contribution in [2.75, 3.05) is 0 Å². The van der Waals surface area contributed by atoms with E-state index in [0.29, 0.717) is 12.5 Å². The van der Waals surface area contributed by atoms with Crippen LogP contribution in [-0.2, 0) is 11.3 Å². The predicted molar refractivity (Wildman–Crippen MR) is 75.7 cm³/mol. The van der Waals surface area contributed by atoms with Crippen LogP contribution in [0.4, 0.5) is 4.79 Å². The van der Waals surface area contributed by atoms with E-state index in [-0.39, 0.29) is 18.2 Å². The summed E-state index contributed by atoms with van der Waals surface area (Å²) in [5.41, 5.74) is 1.12. The SMILES string of the molecule is CC(C)/C=C\[C@H]1[C@H](C)OC(=O)N1Cc1ccccc1. The molecule has 0 radical (unpaired) electrons. The van der Waals surface area contributed by atoms with Gasteiger partial charge in [0.05, 0.1) is 6.04 Å². The highest BCUT2D eigenvalue weighted by atomic mass is 16.6. The number of hydrogen-bond donors (Lipinski definition) is 0. The Bertz CT molecular complexity index is 453. The third-order valence-electron chi connectivity index (χ3n) is 3.25. The molecule has 0 unspecified atom stereocenters. The molecule has 0 aliphatic carbocycles. The van der Waals surface area contributed by atoms with Gasteiger partial charge in [-0.15, -0.1) is 0 Å². The molecule has 1 heterocycles. The maximum atomic E-state index is 11.9. The summed E-state index contributed by atoms with van der Waals surface area (Å²) >= 11 is 0. The molecule has 3 heteroatoms. The Hall–Kier alpha value is -1.77. The van der Waals surface area contributed by atoms with Crippen molar-refractivity contribution in [1.29, 1.82) is 0 Å². The summed E-state index contributed by atoms with van der Waals surface area (Å²) in [7, 11) is 0. The first-order valence-electron chi connectivity index (χ1n) is 6.77. The Morgan fingerprint density at radius 3 is 2.63 bits per heavy atom. The van der Waals surface area contributed by atoms with E-state index in [1.54, 1.807) is 4.90 Å². The summed E-state index contributed by atoms with van der Waals surface area (Å²) in [5.74, 6) is 0.474. The van der Waals surface area contributed by atoms with Crippen LogP contribution >= 0.6 is 0 Å². The minimum Gasteiger partial charge on any atom is -0.444 e. The second-order valence-corrected chi connectivity index (χ2v) is 5.32. The molecule has 19 heavy (non-hydrogen) atoms. The highest BCUT2D eigenvalue weighted by molar-refractivity contribution is 5.71. The predicted octanol–water partition coefficient (Wildman–Crippen LogP) is 3.61. The van der Waals surface area contributed by atoms with Gasteiger partial charge in [-0.25, -0.2) is 4.79 Å². The zero-order chi connectivity index (χ0) is 13.8. The molecular formula is C16H21NO2. The lowest BCUT2D eigenvalue weighted by molar-refractivity contribution is 0.137. The number of carbonyl (C=O) groups excluding carboxylic acids is 1. The molecule has 0 bridgehead atoms. The van der Waals surface area contributed by atoms with Crippen LogP contribution in [0.15, 0.2) is 42.5 Å². The second kappa shape index (κ2) is 5.91. The van der Waals surface area contributed by atoms with Crippen molar-refractivity contribution in [3.63, 3.8) is 0 Å². The maximum Gasteiger partial charge on any atom is 0.411 e. The number of rotatable bonds is 4. The highest BCUT2D eigenvalue weighted by Crippen LogP contribution is 2.23. The van der Waals surface area contributed by atoms with Crippen LogP contribution in [0.1, 0.15) is 26.3 Å². The molecule has 3 nitrogen and oxygen atoms in total. The fourth-order valence-corrected chi connectivity index (χ4v) is 2.22. The van der Waals surface area contributed by atoms with Crippen LogP contribution in [0.2, 0.25) is 0 Å². The molecule has 1 saturated heterocycles. The number of nitrogens with zero attached hydrogens (tertiary/aromatic N) is 1. The smallest absolute Gasteiger partial charge is 0.411 e. The molecular weight excluding hydrogens is 238 g/mol. The molecule has 1 aromatic rings. The maximum absolute atomic E-state index is 11.9. The van der Waals surface area contributed by atoms with Crippen LogP contribution in [0, 0.1) is 5.92 Å². The fraction of sp³-hybridized carbons (Fsp3) is 0.438. The summed E-state index contributed by atoms with van der Waals surface area (Å²) in [6.07, 6.45) is 3.89. The molecule has 1 aliphatic rings. The Balaban J connectivity index is 2.13. The first-order chi connectivity index (χ1) is 9.08. The van der Waals surface area contributed by atoms with E-state index in [9.17, 15) is 4.79 Å². The Morgan fingerprint density at radius 1 is 1.32 bits per heavy atom. The number of amides is 1. The van der Waals surface area contributed by atoms with Crippen LogP contribution in [0.25, 0.3) is 0 Å². The van der Waals surface area contributed by atoms with Crippen LogP contribution < -0.4 is 0 Å². The Kier molecular flexibility index (Phi) is 4.25. The topological polar surface area (TPSA) is 29.5 Å². The third-order valence-corrected chi connectivity index (χ3v) is 3.25. The van der Waals surface area contributed by atoms with Crippen molar-refractivity contribution in [2.24, 2.45) is 5.92 Å². The van der Waals surface area contributed by atoms with Crippen LogP contribution in [0.3, 0.4) is 0 Å². The Morgan fingerprint density at radius 2 is 2.00 bits per heavy atom. The van der Waals surface area contributed by atoms with Crippen molar-refractivity contribution in [2.45, 2.75) is 39.5 Å². The van der Waals surface area contributed by atoms with Gasteiger partial charge in [0.15, 0.2) is 0 Å². The van der Waals surface area contributed by atoms with Crippen molar-refractivity contribution in [1.82, 2.24) is 4.90 Å². The summed E-state index contributed by atoms with van der Waals surface area (Å²) < 4.78 is 5.33. The largest absolute Gasteiger partial charge is 0.444 e. The number of carbonyl (C=O) groups is 1. The molecule has 0 spiro atoms. The monoisotopic (exact) mass is 259 g/mol. The average Bonchev–Trinajstić information content (AvgIpc) is 2.63. The molecule has 1 aromatic carbocycles. The number of cyclic esters (lactones) is 1. The number of hydrogen-bond acceptors (Lipinski definition) is 2. The molecule has 1 fully saturated rings. The molecule has 0 saturated carbocycles. The minimum absolute atomic E-state index is 0.0232. The van der Waals surface area contributed by atoms with E-state index in [2.05, 4.69) is 26.0 Å².